The molecule has 0 saturated carbocycles. The number of rotatable bonds is 3. The number of β-amino-alcohol motifs (C(OH)–C–C–N with tert-alkyl or cyclic N) is 1. The third kappa shape index (κ3) is 3.10. The van der Waals surface area contributed by atoms with Crippen molar-refractivity contribution in [2.75, 3.05) is 13.7 Å². The highest BCUT2D eigenvalue weighted by molar-refractivity contribution is 5.95. The maximum atomic E-state index is 13.9. The number of likely N-dealkylation sites (tertiary alicyclic amines) is 1. The molecule has 2 aromatic carbocycles. The van der Waals surface area contributed by atoms with E-state index in [9.17, 15) is 18.7 Å². The second kappa shape index (κ2) is 6.57. The molecule has 1 amide bonds. The molecule has 0 aliphatic carbocycles. The van der Waals surface area contributed by atoms with Gasteiger partial charge in [0.1, 0.15) is 5.82 Å². The first kappa shape index (κ1) is 16.4. The van der Waals surface area contributed by atoms with Crippen molar-refractivity contribution < 1.29 is 23.4 Å². The third-order valence-electron chi connectivity index (χ3n) is 4.17. The summed E-state index contributed by atoms with van der Waals surface area (Å²) in [6.07, 6.45) is -0.390. The van der Waals surface area contributed by atoms with Crippen LogP contribution in [0.4, 0.5) is 8.78 Å². The summed E-state index contributed by atoms with van der Waals surface area (Å²) in [4.78, 5) is 14.2. The van der Waals surface area contributed by atoms with Gasteiger partial charge in [-0.15, -0.1) is 0 Å². The number of halogens is 2. The Hall–Kier alpha value is -2.47. The molecule has 24 heavy (non-hydrogen) atoms. The Morgan fingerprint density at radius 2 is 2.04 bits per heavy atom. The van der Waals surface area contributed by atoms with Crippen LogP contribution in [0.25, 0.3) is 0 Å². The average molecular weight is 333 g/mol. The van der Waals surface area contributed by atoms with Crippen molar-refractivity contribution >= 4 is 5.91 Å². The molecule has 126 valence electrons. The zero-order valence-electron chi connectivity index (χ0n) is 13.1. The van der Waals surface area contributed by atoms with Crippen molar-refractivity contribution in [2.45, 2.75) is 18.6 Å². The summed E-state index contributed by atoms with van der Waals surface area (Å²) in [6.45, 7) is 0.119. The Bertz CT molecular complexity index is 766. The van der Waals surface area contributed by atoms with E-state index in [4.69, 9.17) is 4.74 Å². The lowest BCUT2D eigenvalue weighted by Gasteiger charge is -2.25. The summed E-state index contributed by atoms with van der Waals surface area (Å²) in [5, 5.41) is 9.95. The molecule has 1 aliphatic heterocycles. The summed E-state index contributed by atoms with van der Waals surface area (Å²) in [5.74, 6) is -1.40. The molecule has 3 rings (SSSR count). The lowest BCUT2D eigenvalue weighted by molar-refractivity contribution is 0.0715. The standard InChI is InChI=1S/C18H17F2NO3/c1-24-17-6-5-12(8-15(17)20)18(23)21-10-14(22)9-16(21)11-3-2-4-13(19)7-11/h2-8,14,16,22H,9-10H2,1H3/t14-,16-/m0/s1. The highest BCUT2D eigenvalue weighted by Gasteiger charge is 2.36. The molecule has 6 heteroatoms. The van der Waals surface area contributed by atoms with E-state index in [2.05, 4.69) is 0 Å². The van der Waals surface area contributed by atoms with Crippen LogP contribution in [0.3, 0.4) is 0 Å². The maximum Gasteiger partial charge on any atom is 0.254 e. The second-order valence-electron chi connectivity index (χ2n) is 5.77. The Balaban J connectivity index is 1.91. The smallest absolute Gasteiger partial charge is 0.254 e. The Kier molecular flexibility index (Phi) is 4.49. The summed E-state index contributed by atoms with van der Waals surface area (Å²) >= 11 is 0. The summed E-state index contributed by atoms with van der Waals surface area (Å²) in [7, 11) is 1.34. The summed E-state index contributed by atoms with van der Waals surface area (Å²) < 4.78 is 32.2. The topological polar surface area (TPSA) is 49.8 Å². The largest absolute Gasteiger partial charge is 0.494 e. The molecule has 1 heterocycles. The number of hydrogen-bond donors (Lipinski definition) is 1. The van der Waals surface area contributed by atoms with Crippen molar-refractivity contribution in [3.8, 4) is 5.75 Å². The molecule has 0 aromatic heterocycles. The van der Waals surface area contributed by atoms with E-state index in [1.54, 1.807) is 12.1 Å². The van der Waals surface area contributed by atoms with Crippen LogP contribution in [0.15, 0.2) is 42.5 Å². The lowest BCUT2D eigenvalue weighted by Crippen LogP contribution is -2.31. The van der Waals surface area contributed by atoms with E-state index < -0.39 is 29.7 Å². The van der Waals surface area contributed by atoms with E-state index >= 15 is 0 Å². The van der Waals surface area contributed by atoms with Gasteiger partial charge in [-0.1, -0.05) is 12.1 Å². The van der Waals surface area contributed by atoms with Crippen LogP contribution in [-0.4, -0.2) is 35.7 Å². The van der Waals surface area contributed by atoms with E-state index in [1.807, 2.05) is 0 Å². The van der Waals surface area contributed by atoms with Crippen molar-refractivity contribution in [3.63, 3.8) is 0 Å². The lowest BCUT2D eigenvalue weighted by atomic mass is 10.0. The number of methoxy groups -OCH3 is 1. The maximum absolute atomic E-state index is 13.9. The van der Waals surface area contributed by atoms with E-state index in [0.29, 0.717) is 12.0 Å². The van der Waals surface area contributed by atoms with Crippen LogP contribution in [0.5, 0.6) is 5.75 Å². The van der Waals surface area contributed by atoms with Gasteiger partial charge >= 0.3 is 0 Å². The summed E-state index contributed by atoms with van der Waals surface area (Å²) in [6, 6.07) is 9.44. The minimum absolute atomic E-state index is 0.0506. The molecule has 0 spiro atoms. The molecule has 0 unspecified atom stereocenters. The van der Waals surface area contributed by atoms with Gasteiger partial charge in [0.05, 0.1) is 19.3 Å². The van der Waals surface area contributed by atoms with Crippen LogP contribution in [0.2, 0.25) is 0 Å². The molecule has 1 aliphatic rings. The predicted molar refractivity (Wildman–Crippen MR) is 83.8 cm³/mol. The van der Waals surface area contributed by atoms with Crippen molar-refractivity contribution in [2.24, 2.45) is 0 Å². The van der Waals surface area contributed by atoms with Gasteiger partial charge in [-0.05, 0) is 42.3 Å². The van der Waals surface area contributed by atoms with Crippen molar-refractivity contribution in [1.82, 2.24) is 4.90 Å². The zero-order chi connectivity index (χ0) is 17.3. The van der Waals surface area contributed by atoms with Crippen LogP contribution < -0.4 is 4.74 Å². The Morgan fingerprint density at radius 1 is 1.25 bits per heavy atom. The first-order valence-corrected chi connectivity index (χ1v) is 7.57. The Morgan fingerprint density at radius 3 is 2.71 bits per heavy atom. The number of amides is 1. The van der Waals surface area contributed by atoms with Gasteiger partial charge in [0, 0.05) is 12.1 Å². The molecule has 2 atom stereocenters. The van der Waals surface area contributed by atoms with Crippen molar-refractivity contribution in [1.29, 1.82) is 0 Å². The fourth-order valence-electron chi connectivity index (χ4n) is 3.03. The first-order valence-electron chi connectivity index (χ1n) is 7.57. The second-order valence-corrected chi connectivity index (χ2v) is 5.77. The van der Waals surface area contributed by atoms with Crippen LogP contribution >= 0.6 is 0 Å². The van der Waals surface area contributed by atoms with Gasteiger partial charge in [0.25, 0.3) is 5.91 Å². The molecule has 1 N–H and O–H groups in total. The number of benzene rings is 2. The van der Waals surface area contributed by atoms with E-state index in [1.165, 1.54) is 36.3 Å². The number of aliphatic hydroxyl groups is 1. The van der Waals surface area contributed by atoms with E-state index in [0.717, 1.165) is 6.07 Å². The molecule has 0 bridgehead atoms. The first-order chi connectivity index (χ1) is 11.5. The molecule has 1 fully saturated rings. The predicted octanol–water partition coefficient (Wildman–Crippen LogP) is 2.92. The number of aliphatic hydroxyl groups excluding tert-OH is 1. The van der Waals surface area contributed by atoms with Gasteiger partial charge in [0.2, 0.25) is 0 Å². The number of nitrogens with zero attached hydrogens (tertiary/aromatic N) is 1. The minimum Gasteiger partial charge on any atom is -0.494 e. The molecule has 1 saturated heterocycles. The van der Waals surface area contributed by atoms with E-state index in [-0.39, 0.29) is 17.9 Å². The average Bonchev–Trinajstić information content (AvgIpc) is 2.96. The quantitative estimate of drug-likeness (QED) is 0.940. The van der Waals surface area contributed by atoms with Gasteiger partial charge in [-0.25, -0.2) is 8.78 Å². The minimum atomic E-state index is -0.703. The third-order valence-corrected chi connectivity index (χ3v) is 4.17. The van der Waals surface area contributed by atoms with Crippen LogP contribution in [-0.2, 0) is 0 Å². The monoisotopic (exact) mass is 333 g/mol. The Labute approximate surface area is 138 Å². The zero-order valence-corrected chi connectivity index (χ0v) is 13.1. The fourth-order valence-corrected chi connectivity index (χ4v) is 3.03. The van der Waals surface area contributed by atoms with Gasteiger partial charge in [0.15, 0.2) is 11.6 Å². The fraction of sp³-hybridized carbons (Fsp3) is 0.278. The highest BCUT2D eigenvalue weighted by Crippen LogP contribution is 2.34. The molecule has 0 radical (unpaired) electrons. The number of carbonyl (C=O) groups excluding carboxylic acids is 1. The number of ether oxygens (including phenoxy) is 1. The van der Waals surface area contributed by atoms with Crippen LogP contribution in [0.1, 0.15) is 28.4 Å². The SMILES string of the molecule is COc1ccc(C(=O)N2C[C@@H](O)C[C@H]2c2cccc(F)c2)cc1F. The molecular weight excluding hydrogens is 316 g/mol. The molecular formula is C18H17F2NO3. The van der Waals surface area contributed by atoms with Gasteiger partial charge in [-0.2, -0.15) is 0 Å². The summed E-state index contributed by atoms with van der Waals surface area (Å²) in [5.41, 5.74) is 0.762. The van der Waals surface area contributed by atoms with Gasteiger partial charge in [-0.3, -0.25) is 4.79 Å². The number of hydrogen-bond acceptors (Lipinski definition) is 3. The number of carbonyl (C=O) groups is 1. The molecule has 4 nitrogen and oxygen atoms in total. The molecule has 2 aromatic rings. The van der Waals surface area contributed by atoms with Gasteiger partial charge < -0.3 is 14.7 Å². The highest BCUT2D eigenvalue weighted by atomic mass is 19.1. The normalized spacial score (nSPS) is 20.2. The van der Waals surface area contributed by atoms with Crippen LogP contribution in [0, 0.1) is 11.6 Å². The van der Waals surface area contributed by atoms with Crippen molar-refractivity contribution in [3.05, 3.63) is 65.2 Å².